The largest absolute Gasteiger partial charge is 0.299 e. The molecule has 0 aromatic rings. The van der Waals surface area contributed by atoms with Crippen LogP contribution in [0, 0.1) is 5.92 Å². The number of carbonyl (C=O) groups is 1. The second-order valence-corrected chi connectivity index (χ2v) is 4.26. The lowest BCUT2D eigenvalue weighted by Crippen LogP contribution is -2.03. The van der Waals surface area contributed by atoms with Crippen molar-refractivity contribution >= 4 is 5.78 Å². The fourth-order valence-electron chi connectivity index (χ4n) is 2.03. The second kappa shape index (κ2) is 6.80. The van der Waals surface area contributed by atoms with Crippen molar-refractivity contribution in [3.05, 3.63) is 12.2 Å². The number of unbranched alkanes of at least 4 members (excludes halogenated alkanes) is 3. The molecular formula is C13H22O. The number of Topliss-reactive ketones (excluding diaryl/α,β-unsaturated/α-hetero) is 1. The highest BCUT2D eigenvalue weighted by molar-refractivity contribution is 5.82. The van der Waals surface area contributed by atoms with Crippen LogP contribution in [-0.4, -0.2) is 5.78 Å². The molecule has 80 valence electrons. The van der Waals surface area contributed by atoms with Crippen LogP contribution in [0.15, 0.2) is 12.2 Å². The molecule has 1 aliphatic carbocycles. The van der Waals surface area contributed by atoms with Crippen LogP contribution in [-0.2, 0) is 4.79 Å². The molecular weight excluding hydrogens is 172 g/mol. The van der Waals surface area contributed by atoms with Crippen molar-refractivity contribution in [2.45, 2.75) is 58.3 Å². The highest BCUT2D eigenvalue weighted by atomic mass is 16.1. The van der Waals surface area contributed by atoms with Crippen molar-refractivity contribution in [2.24, 2.45) is 5.92 Å². The van der Waals surface area contributed by atoms with Gasteiger partial charge in [0, 0.05) is 12.3 Å². The summed E-state index contributed by atoms with van der Waals surface area (Å²) < 4.78 is 0. The van der Waals surface area contributed by atoms with Gasteiger partial charge in [-0.05, 0) is 32.1 Å². The smallest absolute Gasteiger partial charge is 0.136 e. The van der Waals surface area contributed by atoms with E-state index in [2.05, 4.69) is 19.1 Å². The number of ketones is 1. The summed E-state index contributed by atoms with van der Waals surface area (Å²) in [5.41, 5.74) is 0. The second-order valence-electron chi connectivity index (χ2n) is 4.26. The normalized spacial score (nSPS) is 22.4. The van der Waals surface area contributed by atoms with E-state index >= 15 is 0 Å². The molecule has 0 N–H and O–H groups in total. The molecule has 1 rings (SSSR count). The first kappa shape index (κ1) is 11.5. The lowest BCUT2D eigenvalue weighted by Gasteiger charge is -2.01. The predicted octanol–water partition coefficient (Wildman–Crippen LogP) is 3.88. The third-order valence-electron chi connectivity index (χ3n) is 2.99. The van der Waals surface area contributed by atoms with Gasteiger partial charge in [0.15, 0.2) is 0 Å². The zero-order valence-corrected chi connectivity index (χ0v) is 9.30. The first-order valence-electron chi connectivity index (χ1n) is 6.02. The highest BCUT2D eigenvalue weighted by Gasteiger charge is 2.22. The Kier molecular flexibility index (Phi) is 5.58. The molecule has 0 aromatic heterocycles. The molecule has 1 saturated carbocycles. The van der Waals surface area contributed by atoms with Gasteiger partial charge in [-0.25, -0.2) is 0 Å². The first-order valence-corrected chi connectivity index (χ1v) is 6.02. The van der Waals surface area contributed by atoms with Gasteiger partial charge in [-0.2, -0.15) is 0 Å². The molecule has 0 heterocycles. The minimum atomic E-state index is 0.359. The fourth-order valence-corrected chi connectivity index (χ4v) is 2.03. The molecule has 0 aromatic carbocycles. The van der Waals surface area contributed by atoms with E-state index < -0.39 is 0 Å². The van der Waals surface area contributed by atoms with Gasteiger partial charge in [-0.3, -0.25) is 4.79 Å². The van der Waals surface area contributed by atoms with Crippen LogP contribution in [0.1, 0.15) is 58.3 Å². The Hall–Kier alpha value is -0.590. The van der Waals surface area contributed by atoms with E-state index in [1.165, 1.54) is 25.7 Å². The number of hydrogen-bond donors (Lipinski definition) is 0. The molecule has 0 unspecified atom stereocenters. The van der Waals surface area contributed by atoms with Crippen LogP contribution in [0.3, 0.4) is 0 Å². The van der Waals surface area contributed by atoms with Crippen LogP contribution < -0.4 is 0 Å². The molecule has 1 heteroatoms. The number of rotatable bonds is 6. The van der Waals surface area contributed by atoms with Crippen molar-refractivity contribution in [3.63, 3.8) is 0 Å². The van der Waals surface area contributed by atoms with E-state index in [9.17, 15) is 4.79 Å². The topological polar surface area (TPSA) is 17.1 Å². The van der Waals surface area contributed by atoms with E-state index in [1.807, 2.05) is 0 Å². The van der Waals surface area contributed by atoms with Gasteiger partial charge in [0.25, 0.3) is 0 Å². The number of allylic oxidation sites excluding steroid dienone is 2. The summed E-state index contributed by atoms with van der Waals surface area (Å²) in [7, 11) is 0. The maximum absolute atomic E-state index is 11.3. The van der Waals surface area contributed by atoms with Gasteiger partial charge in [-0.15, -0.1) is 0 Å². The van der Waals surface area contributed by atoms with Crippen molar-refractivity contribution in [1.82, 2.24) is 0 Å². The summed E-state index contributed by atoms with van der Waals surface area (Å²) in [6.45, 7) is 2.22. The van der Waals surface area contributed by atoms with Gasteiger partial charge in [0.1, 0.15) is 5.78 Å². The Morgan fingerprint density at radius 1 is 1.36 bits per heavy atom. The van der Waals surface area contributed by atoms with Crippen molar-refractivity contribution in [3.8, 4) is 0 Å². The highest BCUT2D eigenvalue weighted by Crippen LogP contribution is 2.24. The molecule has 0 saturated heterocycles. The van der Waals surface area contributed by atoms with Crippen LogP contribution in [0.5, 0.6) is 0 Å². The maximum Gasteiger partial charge on any atom is 0.136 e. The molecule has 1 atom stereocenters. The fraction of sp³-hybridized carbons (Fsp3) is 0.769. The van der Waals surface area contributed by atoms with Gasteiger partial charge in [0.05, 0.1) is 0 Å². The molecule has 0 radical (unpaired) electrons. The number of carbonyl (C=O) groups excluding carboxylic acids is 1. The van der Waals surface area contributed by atoms with E-state index in [4.69, 9.17) is 0 Å². The molecule has 14 heavy (non-hydrogen) atoms. The van der Waals surface area contributed by atoms with Crippen LogP contribution in [0.4, 0.5) is 0 Å². The Bertz CT molecular complexity index is 193. The Balaban J connectivity index is 2.04. The number of hydrogen-bond acceptors (Lipinski definition) is 1. The SMILES string of the molecule is CCCCC/C=C/C[C@H]1CCCC1=O. The third-order valence-corrected chi connectivity index (χ3v) is 2.99. The molecule has 1 aliphatic rings. The zero-order chi connectivity index (χ0) is 10.2. The van der Waals surface area contributed by atoms with Crippen LogP contribution in [0.2, 0.25) is 0 Å². The predicted molar refractivity (Wildman–Crippen MR) is 60.2 cm³/mol. The lowest BCUT2D eigenvalue weighted by atomic mass is 10.0. The standard InChI is InChI=1S/C13H22O/c1-2-3-4-5-6-7-9-12-10-8-11-13(12)14/h6-7,12H,2-5,8-11H2,1H3/b7-6+/t12-/m0/s1. The van der Waals surface area contributed by atoms with Crippen LogP contribution in [0.25, 0.3) is 0 Å². The Morgan fingerprint density at radius 3 is 2.86 bits per heavy atom. The van der Waals surface area contributed by atoms with Crippen molar-refractivity contribution in [2.75, 3.05) is 0 Å². The van der Waals surface area contributed by atoms with Crippen molar-refractivity contribution in [1.29, 1.82) is 0 Å². The van der Waals surface area contributed by atoms with E-state index in [1.54, 1.807) is 0 Å². The summed E-state index contributed by atoms with van der Waals surface area (Å²) in [5, 5.41) is 0. The van der Waals surface area contributed by atoms with E-state index in [-0.39, 0.29) is 0 Å². The zero-order valence-electron chi connectivity index (χ0n) is 9.30. The maximum atomic E-state index is 11.3. The quantitative estimate of drug-likeness (QED) is 0.463. The van der Waals surface area contributed by atoms with Gasteiger partial charge < -0.3 is 0 Å². The Morgan fingerprint density at radius 2 is 2.21 bits per heavy atom. The van der Waals surface area contributed by atoms with Gasteiger partial charge in [-0.1, -0.05) is 31.9 Å². The van der Waals surface area contributed by atoms with Gasteiger partial charge in [0.2, 0.25) is 0 Å². The molecule has 0 spiro atoms. The lowest BCUT2D eigenvalue weighted by molar-refractivity contribution is -0.120. The summed E-state index contributed by atoms with van der Waals surface area (Å²) in [6, 6.07) is 0. The summed E-state index contributed by atoms with van der Waals surface area (Å²) >= 11 is 0. The van der Waals surface area contributed by atoms with E-state index in [0.29, 0.717) is 11.7 Å². The average Bonchev–Trinajstić information content (AvgIpc) is 2.58. The molecule has 1 nitrogen and oxygen atoms in total. The van der Waals surface area contributed by atoms with Crippen molar-refractivity contribution < 1.29 is 4.79 Å². The molecule has 1 fully saturated rings. The third kappa shape index (κ3) is 4.08. The summed E-state index contributed by atoms with van der Waals surface area (Å²) in [5.74, 6) is 0.848. The molecule has 0 bridgehead atoms. The minimum Gasteiger partial charge on any atom is -0.299 e. The monoisotopic (exact) mass is 194 g/mol. The molecule has 0 amide bonds. The minimum absolute atomic E-state index is 0.359. The Labute approximate surface area is 87.6 Å². The first-order chi connectivity index (χ1) is 6.84. The summed E-state index contributed by atoms with van der Waals surface area (Å²) in [4.78, 5) is 11.3. The average molecular weight is 194 g/mol. The van der Waals surface area contributed by atoms with Crippen LogP contribution >= 0.6 is 0 Å². The molecule has 0 aliphatic heterocycles. The van der Waals surface area contributed by atoms with E-state index in [0.717, 1.165) is 25.7 Å². The summed E-state index contributed by atoms with van der Waals surface area (Å²) in [6.07, 6.45) is 13.6. The van der Waals surface area contributed by atoms with Gasteiger partial charge >= 0.3 is 0 Å².